The van der Waals surface area contributed by atoms with Crippen molar-refractivity contribution in [1.82, 2.24) is 15.2 Å². The maximum atomic E-state index is 12.7. The molecule has 2 aromatic carbocycles. The molecule has 1 saturated heterocycles. The second-order valence-electron chi connectivity index (χ2n) is 6.97. The van der Waals surface area contributed by atoms with Gasteiger partial charge in [0.25, 0.3) is 11.1 Å². The normalized spacial score (nSPS) is 15.1. The van der Waals surface area contributed by atoms with E-state index in [1.165, 1.54) is 0 Å². The summed E-state index contributed by atoms with van der Waals surface area (Å²) in [6, 6.07) is 15.2. The van der Waals surface area contributed by atoms with Crippen molar-refractivity contribution in [3.63, 3.8) is 0 Å². The molecule has 1 aromatic heterocycles. The van der Waals surface area contributed by atoms with Gasteiger partial charge in [0, 0.05) is 29.2 Å². The number of carbonyl (C=O) groups excluding carboxylic acids is 3. The van der Waals surface area contributed by atoms with Crippen molar-refractivity contribution in [2.75, 3.05) is 20.2 Å². The van der Waals surface area contributed by atoms with Crippen LogP contribution in [0.1, 0.15) is 11.1 Å². The molecule has 3 aromatic rings. The molecular formula is C23H21N3O4S. The van der Waals surface area contributed by atoms with E-state index in [1.54, 1.807) is 25.3 Å². The van der Waals surface area contributed by atoms with Crippen LogP contribution in [0.15, 0.2) is 59.6 Å². The van der Waals surface area contributed by atoms with Crippen LogP contribution in [0.25, 0.3) is 17.0 Å². The van der Waals surface area contributed by atoms with Gasteiger partial charge >= 0.3 is 0 Å². The molecule has 0 spiro atoms. The first-order chi connectivity index (χ1) is 15.1. The largest absolute Gasteiger partial charge is 0.496 e. The van der Waals surface area contributed by atoms with Crippen molar-refractivity contribution in [3.8, 4) is 5.75 Å². The van der Waals surface area contributed by atoms with E-state index in [9.17, 15) is 14.4 Å². The molecule has 0 radical (unpaired) electrons. The highest BCUT2D eigenvalue weighted by Crippen LogP contribution is 2.33. The number of aromatic amines is 1. The summed E-state index contributed by atoms with van der Waals surface area (Å²) >= 11 is 0.820. The van der Waals surface area contributed by atoms with Gasteiger partial charge in [0.2, 0.25) is 5.91 Å². The predicted octanol–water partition coefficient (Wildman–Crippen LogP) is 3.57. The number of benzene rings is 2. The molecule has 0 unspecified atom stereocenters. The number of para-hydroxylation sites is 2. The van der Waals surface area contributed by atoms with Crippen LogP contribution in [-0.4, -0.2) is 47.1 Å². The number of nitrogens with zero attached hydrogens (tertiary/aromatic N) is 1. The number of imide groups is 1. The third-order valence-electron chi connectivity index (χ3n) is 4.99. The molecule has 2 heterocycles. The number of carbonyl (C=O) groups is 3. The lowest BCUT2D eigenvalue weighted by molar-refractivity contribution is -0.129. The second kappa shape index (κ2) is 9.09. The van der Waals surface area contributed by atoms with Crippen LogP contribution in [0.4, 0.5) is 4.79 Å². The van der Waals surface area contributed by atoms with Gasteiger partial charge in [-0.3, -0.25) is 19.3 Å². The van der Waals surface area contributed by atoms with Gasteiger partial charge in [0.15, 0.2) is 0 Å². The lowest BCUT2D eigenvalue weighted by Crippen LogP contribution is -2.40. The number of rotatable bonds is 7. The zero-order chi connectivity index (χ0) is 21.8. The Labute approximate surface area is 183 Å². The number of methoxy groups -OCH3 is 1. The summed E-state index contributed by atoms with van der Waals surface area (Å²) in [5.74, 6) is -0.252. The topological polar surface area (TPSA) is 91.5 Å². The number of nitrogens with one attached hydrogen (secondary N) is 2. The molecule has 1 fully saturated rings. The highest BCUT2D eigenvalue weighted by Gasteiger charge is 2.36. The molecule has 7 nitrogen and oxygen atoms in total. The first-order valence-corrected chi connectivity index (χ1v) is 10.6. The van der Waals surface area contributed by atoms with Crippen molar-refractivity contribution < 1.29 is 19.1 Å². The lowest BCUT2D eigenvalue weighted by Gasteiger charge is -2.12. The molecule has 0 atom stereocenters. The van der Waals surface area contributed by atoms with Crippen LogP contribution in [0, 0.1) is 0 Å². The molecule has 4 rings (SSSR count). The third kappa shape index (κ3) is 4.49. The number of H-pyrrole nitrogens is 1. The Morgan fingerprint density at radius 2 is 1.94 bits per heavy atom. The van der Waals surface area contributed by atoms with Crippen molar-refractivity contribution >= 4 is 45.8 Å². The van der Waals surface area contributed by atoms with E-state index in [2.05, 4.69) is 10.3 Å². The number of ether oxygens (including phenoxy) is 1. The number of amides is 3. The van der Waals surface area contributed by atoms with E-state index in [4.69, 9.17) is 4.74 Å². The summed E-state index contributed by atoms with van der Waals surface area (Å²) in [7, 11) is 1.54. The standard InChI is InChI=1S/C23H21N3O4S/c1-30-19-9-5-2-6-15(19)12-20-22(28)26(23(29)31-20)14-21(27)24-11-10-16-13-25-18-8-4-3-7-17(16)18/h2-9,12-13,25H,10-11,14H2,1H3,(H,24,27). The van der Waals surface area contributed by atoms with Gasteiger partial charge in [-0.1, -0.05) is 36.4 Å². The SMILES string of the molecule is COc1ccccc1C=C1SC(=O)N(CC(=O)NCCc2c[nH]c3ccccc23)C1=O. The van der Waals surface area contributed by atoms with E-state index >= 15 is 0 Å². The van der Waals surface area contributed by atoms with Gasteiger partial charge in [-0.05, 0) is 42.0 Å². The number of thioether (sulfide) groups is 1. The molecule has 31 heavy (non-hydrogen) atoms. The fraction of sp³-hybridized carbons (Fsp3) is 0.174. The zero-order valence-electron chi connectivity index (χ0n) is 16.9. The molecule has 158 valence electrons. The van der Waals surface area contributed by atoms with Crippen LogP contribution in [0.3, 0.4) is 0 Å². The van der Waals surface area contributed by atoms with Gasteiger partial charge in [-0.25, -0.2) is 0 Å². The highest BCUT2D eigenvalue weighted by molar-refractivity contribution is 8.18. The number of fused-ring (bicyclic) bond motifs is 1. The van der Waals surface area contributed by atoms with Crippen LogP contribution < -0.4 is 10.1 Å². The molecule has 1 aliphatic heterocycles. The minimum absolute atomic E-state index is 0.265. The van der Waals surface area contributed by atoms with Crippen LogP contribution in [0.2, 0.25) is 0 Å². The third-order valence-corrected chi connectivity index (χ3v) is 5.90. The molecule has 2 N–H and O–H groups in total. The zero-order valence-corrected chi connectivity index (χ0v) is 17.7. The first kappa shape index (κ1) is 20.7. The first-order valence-electron chi connectivity index (χ1n) is 9.77. The highest BCUT2D eigenvalue weighted by atomic mass is 32.2. The maximum Gasteiger partial charge on any atom is 0.294 e. The average molecular weight is 436 g/mol. The number of hydrogen-bond donors (Lipinski definition) is 2. The minimum atomic E-state index is -0.479. The monoisotopic (exact) mass is 435 g/mol. The summed E-state index contributed by atoms with van der Waals surface area (Å²) in [4.78, 5) is 41.7. The van der Waals surface area contributed by atoms with E-state index in [0.29, 0.717) is 24.3 Å². The van der Waals surface area contributed by atoms with Gasteiger partial charge < -0.3 is 15.0 Å². The molecule has 8 heteroatoms. The van der Waals surface area contributed by atoms with Crippen molar-refractivity contribution in [2.24, 2.45) is 0 Å². The number of hydrogen-bond acceptors (Lipinski definition) is 5. The van der Waals surface area contributed by atoms with Crippen molar-refractivity contribution in [3.05, 3.63) is 70.8 Å². The fourth-order valence-electron chi connectivity index (χ4n) is 3.44. The quantitative estimate of drug-likeness (QED) is 0.554. The Hall–Kier alpha value is -3.52. The number of aromatic nitrogens is 1. The molecule has 0 bridgehead atoms. The summed E-state index contributed by atoms with van der Waals surface area (Å²) in [5, 5.41) is 3.44. The Morgan fingerprint density at radius 3 is 2.77 bits per heavy atom. The van der Waals surface area contributed by atoms with E-state index < -0.39 is 11.1 Å². The minimum Gasteiger partial charge on any atom is -0.496 e. The molecular weight excluding hydrogens is 414 g/mol. The summed E-state index contributed by atoms with van der Waals surface area (Å²) < 4.78 is 5.28. The van der Waals surface area contributed by atoms with E-state index in [-0.39, 0.29) is 17.4 Å². The molecule has 0 aliphatic carbocycles. The van der Waals surface area contributed by atoms with E-state index in [0.717, 1.165) is 33.1 Å². The molecule has 0 saturated carbocycles. The Morgan fingerprint density at radius 1 is 1.16 bits per heavy atom. The summed E-state index contributed by atoms with van der Waals surface area (Å²) in [6.45, 7) is 0.107. The fourth-order valence-corrected chi connectivity index (χ4v) is 4.27. The van der Waals surface area contributed by atoms with Crippen LogP contribution >= 0.6 is 11.8 Å². The smallest absolute Gasteiger partial charge is 0.294 e. The maximum absolute atomic E-state index is 12.7. The van der Waals surface area contributed by atoms with Crippen molar-refractivity contribution in [1.29, 1.82) is 0 Å². The molecule has 3 amide bonds. The Bertz CT molecular complexity index is 1180. The predicted molar refractivity (Wildman–Crippen MR) is 121 cm³/mol. The van der Waals surface area contributed by atoms with Crippen molar-refractivity contribution in [2.45, 2.75) is 6.42 Å². The Balaban J connectivity index is 1.35. The van der Waals surface area contributed by atoms with Gasteiger partial charge in [0.1, 0.15) is 12.3 Å². The summed E-state index contributed by atoms with van der Waals surface area (Å²) in [6.07, 6.45) is 4.18. The lowest BCUT2D eigenvalue weighted by atomic mass is 10.1. The van der Waals surface area contributed by atoms with Crippen LogP contribution in [-0.2, 0) is 16.0 Å². The Kier molecular flexibility index (Phi) is 6.08. The van der Waals surface area contributed by atoms with Gasteiger partial charge in [0.05, 0.1) is 12.0 Å². The summed E-state index contributed by atoms with van der Waals surface area (Å²) in [5.41, 5.74) is 2.84. The molecule has 1 aliphatic rings. The van der Waals surface area contributed by atoms with E-state index in [1.807, 2.05) is 42.6 Å². The average Bonchev–Trinajstić information content (AvgIpc) is 3.30. The van der Waals surface area contributed by atoms with Gasteiger partial charge in [-0.2, -0.15) is 0 Å². The van der Waals surface area contributed by atoms with Gasteiger partial charge in [-0.15, -0.1) is 0 Å². The van der Waals surface area contributed by atoms with Crippen LogP contribution in [0.5, 0.6) is 5.75 Å². The second-order valence-corrected chi connectivity index (χ2v) is 7.96.